The number of hydrogen-bond acceptors (Lipinski definition) is 5. The molecule has 1 N–H and O–H groups in total. The molecule has 0 saturated carbocycles. The van der Waals surface area contributed by atoms with E-state index >= 15 is 0 Å². The Bertz CT molecular complexity index is 779. The molecule has 0 fully saturated rings. The maximum Gasteiger partial charge on any atom is 0.219 e. The number of halogens is 2. The largest absolute Gasteiger partial charge is 0.439 e. The van der Waals surface area contributed by atoms with Crippen molar-refractivity contribution in [2.75, 3.05) is 0 Å². The van der Waals surface area contributed by atoms with Gasteiger partial charge >= 0.3 is 0 Å². The van der Waals surface area contributed by atoms with Gasteiger partial charge < -0.3 is 9.84 Å². The second-order valence-electron chi connectivity index (χ2n) is 4.45. The molecule has 2 heterocycles. The van der Waals surface area contributed by atoms with E-state index in [4.69, 9.17) is 4.74 Å². The lowest BCUT2D eigenvalue weighted by Crippen LogP contribution is -2.00. The number of rotatable bonds is 4. The van der Waals surface area contributed by atoms with Crippen molar-refractivity contribution in [1.29, 1.82) is 0 Å². The van der Waals surface area contributed by atoms with Crippen LogP contribution in [0.3, 0.4) is 0 Å². The first-order valence-electron chi connectivity index (χ1n) is 6.31. The molecule has 0 aliphatic carbocycles. The maximum atomic E-state index is 13.1. The fraction of sp³-hybridized carbons (Fsp3) is 0.0667. The summed E-state index contributed by atoms with van der Waals surface area (Å²) in [6.45, 7) is 0. The fourth-order valence-electron chi connectivity index (χ4n) is 1.83. The molecule has 0 spiro atoms. The van der Waals surface area contributed by atoms with Crippen LogP contribution in [0.4, 0.5) is 4.39 Å². The highest BCUT2D eigenvalue weighted by atomic mass is 79.9. The molecule has 0 saturated heterocycles. The Labute approximate surface area is 138 Å². The highest BCUT2D eigenvalue weighted by Gasteiger charge is 2.14. The second-order valence-corrected chi connectivity index (χ2v) is 6.63. The molecule has 1 atom stereocenters. The van der Waals surface area contributed by atoms with Crippen LogP contribution in [0, 0.1) is 5.82 Å². The fourth-order valence-corrected chi connectivity index (χ4v) is 2.80. The molecule has 22 heavy (non-hydrogen) atoms. The van der Waals surface area contributed by atoms with Gasteiger partial charge in [-0.15, -0.1) is 0 Å². The normalized spacial score (nSPS) is 12.1. The molecular formula is C15H10BrFN2O2S. The first kappa shape index (κ1) is 15.1. The summed E-state index contributed by atoms with van der Waals surface area (Å²) in [6.07, 6.45) is 0.658. The molecule has 1 aromatic carbocycles. The van der Waals surface area contributed by atoms with Gasteiger partial charge in [0.05, 0.1) is 9.48 Å². The summed E-state index contributed by atoms with van der Waals surface area (Å²) in [5.74, 6) is 0.309. The van der Waals surface area contributed by atoms with E-state index in [1.54, 1.807) is 30.3 Å². The van der Waals surface area contributed by atoms with E-state index in [1.165, 1.54) is 29.9 Å². The minimum atomic E-state index is -0.849. The highest BCUT2D eigenvalue weighted by Crippen LogP contribution is 2.27. The topological polar surface area (TPSA) is 55.2 Å². The summed E-state index contributed by atoms with van der Waals surface area (Å²) in [7, 11) is 0. The Morgan fingerprint density at radius 1 is 1.23 bits per heavy atom. The molecule has 0 aliphatic rings. The van der Waals surface area contributed by atoms with Crippen molar-refractivity contribution < 1.29 is 14.2 Å². The van der Waals surface area contributed by atoms with Gasteiger partial charge in [-0.2, -0.15) is 4.37 Å². The minimum Gasteiger partial charge on any atom is -0.439 e. The van der Waals surface area contributed by atoms with Gasteiger partial charge in [-0.05, 0) is 51.7 Å². The summed E-state index contributed by atoms with van der Waals surface area (Å²) in [6, 6.07) is 10.9. The van der Waals surface area contributed by atoms with Crippen molar-refractivity contribution >= 4 is 27.5 Å². The lowest BCUT2D eigenvalue weighted by molar-refractivity contribution is 0.216. The molecule has 7 heteroatoms. The van der Waals surface area contributed by atoms with Crippen LogP contribution in [0.1, 0.15) is 17.4 Å². The quantitative estimate of drug-likeness (QED) is 0.732. The third-order valence-corrected chi connectivity index (χ3v) is 4.13. The van der Waals surface area contributed by atoms with Crippen LogP contribution < -0.4 is 4.74 Å². The summed E-state index contributed by atoms with van der Waals surface area (Å²) < 4.78 is 23.5. The average molecular weight is 381 g/mol. The van der Waals surface area contributed by atoms with Gasteiger partial charge in [0.25, 0.3) is 0 Å². The van der Waals surface area contributed by atoms with Gasteiger partial charge in [0.1, 0.15) is 17.7 Å². The van der Waals surface area contributed by atoms with Crippen LogP contribution in [-0.2, 0) is 0 Å². The monoisotopic (exact) mass is 380 g/mol. The van der Waals surface area contributed by atoms with Gasteiger partial charge in [-0.25, -0.2) is 9.37 Å². The van der Waals surface area contributed by atoms with Crippen molar-refractivity contribution in [3.63, 3.8) is 0 Å². The number of pyridine rings is 1. The third kappa shape index (κ3) is 3.49. The molecule has 0 radical (unpaired) electrons. The van der Waals surface area contributed by atoms with Crippen molar-refractivity contribution in [3.8, 4) is 11.6 Å². The van der Waals surface area contributed by atoms with E-state index in [0.29, 0.717) is 22.9 Å². The van der Waals surface area contributed by atoms with Gasteiger partial charge in [0, 0.05) is 23.9 Å². The van der Waals surface area contributed by atoms with E-state index < -0.39 is 6.10 Å². The first-order chi connectivity index (χ1) is 10.6. The zero-order chi connectivity index (χ0) is 15.5. The lowest BCUT2D eigenvalue weighted by Gasteiger charge is -2.09. The smallest absolute Gasteiger partial charge is 0.219 e. The van der Waals surface area contributed by atoms with E-state index in [2.05, 4.69) is 25.3 Å². The predicted octanol–water partition coefficient (Wildman–Crippen LogP) is 4.31. The summed E-state index contributed by atoms with van der Waals surface area (Å²) in [4.78, 5) is 4.12. The van der Waals surface area contributed by atoms with Crippen molar-refractivity contribution in [1.82, 2.24) is 9.36 Å². The van der Waals surface area contributed by atoms with E-state index in [9.17, 15) is 9.50 Å². The summed E-state index contributed by atoms with van der Waals surface area (Å²) in [5, 5.41) is 10.2. The molecule has 3 rings (SSSR count). The van der Waals surface area contributed by atoms with Crippen LogP contribution in [0.5, 0.6) is 11.6 Å². The van der Waals surface area contributed by atoms with Crippen LogP contribution in [0.15, 0.2) is 52.4 Å². The number of ether oxygens (including phenoxy) is 1. The minimum absolute atomic E-state index is 0.320. The number of aromatic nitrogens is 2. The molecule has 2 aromatic heterocycles. The van der Waals surface area contributed by atoms with Gasteiger partial charge in [-0.3, -0.25) is 0 Å². The standard InChI is InChI=1S/C15H10BrFN2O2S/c16-13-7-12(19-22-13)15(20)9-4-5-14(18-8-9)21-11-3-1-2-10(17)6-11/h1-8,15,20H. The van der Waals surface area contributed by atoms with Crippen LogP contribution in [0.2, 0.25) is 0 Å². The van der Waals surface area contributed by atoms with Crippen LogP contribution >= 0.6 is 27.5 Å². The first-order valence-corrected chi connectivity index (χ1v) is 7.88. The highest BCUT2D eigenvalue weighted by molar-refractivity contribution is 9.11. The number of nitrogens with zero attached hydrogens (tertiary/aromatic N) is 2. The zero-order valence-electron chi connectivity index (χ0n) is 11.1. The Morgan fingerprint density at radius 2 is 2.09 bits per heavy atom. The molecule has 4 nitrogen and oxygen atoms in total. The Kier molecular flexibility index (Phi) is 4.47. The Hall–Kier alpha value is -1.83. The average Bonchev–Trinajstić information content (AvgIpc) is 2.94. The predicted molar refractivity (Wildman–Crippen MR) is 84.6 cm³/mol. The van der Waals surface area contributed by atoms with Crippen molar-refractivity contribution in [2.45, 2.75) is 6.10 Å². The van der Waals surface area contributed by atoms with Crippen molar-refractivity contribution in [2.24, 2.45) is 0 Å². The zero-order valence-corrected chi connectivity index (χ0v) is 13.5. The molecule has 1 unspecified atom stereocenters. The summed E-state index contributed by atoms with van der Waals surface area (Å²) >= 11 is 4.57. The molecule has 0 bridgehead atoms. The molecule has 112 valence electrons. The van der Waals surface area contributed by atoms with Crippen LogP contribution in [-0.4, -0.2) is 14.5 Å². The number of benzene rings is 1. The lowest BCUT2D eigenvalue weighted by atomic mass is 10.1. The van der Waals surface area contributed by atoms with Gasteiger partial charge in [-0.1, -0.05) is 6.07 Å². The maximum absolute atomic E-state index is 13.1. The molecule has 0 amide bonds. The molecular weight excluding hydrogens is 371 g/mol. The van der Waals surface area contributed by atoms with Gasteiger partial charge in [0.15, 0.2) is 0 Å². The Balaban J connectivity index is 1.75. The van der Waals surface area contributed by atoms with Crippen molar-refractivity contribution in [3.05, 3.63) is 69.5 Å². The molecule has 0 aliphatic heterocycles. The Morgan fingerprint density at radius 3 is 2.73 bits per heavy atom. The molecule has 3 aromatic rings. The SMILES string of the molecule is OC(c1ccc(Oc2cccc(F)c2)nc1)c1cc(Br)sn1. The number of aliphatic hydroxyl groups is 1. The number of hydrogen-bond donors (Lipinski definition) is 1. The summed E-state index contributed by atoms with van der Waals surface area (Å²) in [5.41, 5.74) is 1.15. The third-order valence-electron chi connectivity index (χ3n) is 2.87. The van der Waals surface area contributed by atoms with Crippen LogP contribution in [0.25, 0.3) is 0 Å². The van der Waals surface area contributed by atoms with E-state index in [-0.39, 0.29) is 5.82 Å². The van der Waals surface area contributed by atoms with E-state index in [1.807, 2.05) is 0 Å². The van der Waals surface area contributed by atoms with Gasteiger partial charge in [0.2, 0.25) is 5.88 Å². The number of aliphatic hydroxyl groups excluding tert-OH is 1. The van der Waals surface area contributed by atoms with E-state index in [0.717, 1.165) is 3.79 Å². The second kappa shape index (κ2) is 6.51.